The zero-order valence-electron chi connectivity index (χ0n) is 8.44. The molecule has 0 radical (unpaired) electrons. The average molecular weight is 233 g/mol. The molecule has 8 heteroatoms. The summed E-state index contributed by atoms with van der Waals surface area (Å²) in [6.45, 7) is 0. The second kappa shape index (κ2) is 4.00. The summed E-state index contributed by atoms with van der Waals surface area (Å²) in [7, 11) is 0. The van der Waals surface area contributed by atoms with E-state index in [-0.39, 0.29) is 17.2 Å². The van der Waals surface area contributed by atoms with E-state index in [0.29, 0.717) is 0 Å². The lowest BCUT2D eigenvalue weighted by Gasteiger charge is -2.00. The summed E-state index contributed by atoms with van der Waals surface area (Å²) in [5.41, 5.74) is 4.89. The van der Waals surface area contributed by atoms with E-state index < -0.39 is 11.9 Å². The van der Waals surface area contributed by atoms with Crippen molar-refractivity contribution in [1.29, 1.82) is 0 Å². The number of carbonyl (C=O) groups is 2. The number of aromatic nitrogens is 4. The molecule has 2 heterocycles. The van der Waals surface area contributed by atoms with E-state index in [1.54, 1.807) is 0 Å². The summed E-state index contributed by atoms with van der Waals surface area (Å²) in [5.74, 6) is -1.68. The number of amides is 1. The van der Waals surface area contributed by atoms with Gasteiger partial charge in [-0.25, -0.2) is 14.5 Å². The smallest absolute Gasteiger partial charge is 0.356 e. The van der Waals surface area contributed by atoms with Crippen molar-refractivity contribution < 1.29 is 14.7 Å². The fourth-order valence-corrected chi connectivity index (χ4v) is 1.15. The van der Waals surface area contributed by atoms with Crippen LogP contribution in [0.25, 0.3) is 5.82 Å². The van der Waals surface area contributed by atoms with Gasteiger partial charge in [-0.2, -0.15) is 5.10 Å². The molecule has 0 saturated heterocycles. The monoisotopic (exact) mass is 233 g/mol. The van der Waals surface area contributed by atoms with Crippen LogP contribution in [0.5, 0.6) is 0 Å². The van der Waals surface area contributed by atoms with E-state index in [4.69, 9.17) is 10.8 Å². The number of aromatic carboxylic acids is 1. The number of nitrogens with zero attached hydrogens (tertiary/aromatic N) is 4. The molecule has 0 bridgehead atoms. The van der Waals surface area contributed by atoms with Crippen LogP contribution in [0.1, 0.15) is 21.0 Å². The summed E-state index contributed by atoms with van der Waals surface area (Å²) in [6.07, 6.45) is 3.88. The lowest BCUT2D eigenvalue weighted by molar-refractivity contribution is 0.0689. The Morgan fingerprint density at radius 2 is 2.06 bits per heavy atom. The number of carboxylic acids is 1. The molecule has 8 nitrogen and oxygen atoms in total. The summed E-state index contributed by atoms with van der Waals surface area (Å²) in [6, 6.07) is 1.40. The van der Waals surface area contributed by atoms with Gasteiger partial charge in [0.05, 0.1) is 12.4 Å². The summed E-state index contributed by atoms with van der Waals surface area (Å²) in [4.78, 5) is 29.0. The number of primary amides is 1. The molecule has 3 N–H and O–H groups in total. The molecule has 86 valence electrons. The van der Waals surface area contributed by atoms with Gasteiger partial charge in [-0.15, -0.1) is 0 Å². The fraction of sp³-hybridized carbons (Fsp3) is 0. The topological polar surface area (TPSA) is 124 Å². The van der Waals surface area contributed by atoms with Crippen molar-refractivity contribution in [3.05, 3.63) is 36.0 Å². The normalized spacial score (nSPS) is 10.1. The minimum Gasteiger partial charge on any atom is -0.476 e. The van der Waals surface area contributed by atoms with E-state index in [9.17, 15) is 9.59 Å². The molecule has 0 unspecified atom stereocenters. The summed E-state index contributed by atoms with van der Waals surface area (Å²) < 4.78 is 1.22. The molecular weight excluding hydrogens is 226 g/mol. The Balaban J connectivity index is 2.42. The zero-order chi connectivity index (χ0) is 12.4. The van der Waals surface area contributed by atoms with Gasteiger partial charge in [0.1, 0.15) is 5.69 Å². The van der Waals surface area contributed by atoms with Crippen LogP contribution in [0.2, 0.25) is 0 Å². The highest BCUT2D eigenvalue weighted by Crippen LogP contribution is 2.04. The third-order valence-electron chi connectivity index (χ3n) is 1.92. The first kappa shape index (κ1) is 10.7. The number of hydrogen-bond acceptors (Lipinski definition) is 5. The second-order valence-corrected chi connectivity index (χ2v) is 3.08. The van der Waals surface area contributed by atoms with Crippen LogP contribution in [-0.2, 0) is 0 Å². The van der Waals surface area contributed by atoms with Crippen molar-refractivity contribution in [2.45, 2.75) is 0 Å². The number of hydrogen-bond donors (Lipinski definition) is 2. The van der Waals surface area contributed by atoms with Gasteiger partial charge < -0.3 is 10.8 Å². The van der Waals surface area contributed by atoms with Crippen LogP contribution in [0.15, 0.2) is 24.7 Å². The van der Waals surface area contributed by atoms with Crippen LogP contribution < -0.4 is 5.73 Å². The highest BCUT2D eigenvalue weighted by molar-refractivity contribution is 5.90. The van der Waals surface area contributed by atoms with Crippen molar-refractivity contribution >= 4 is 11.9 Å². The summed E-state index contributed by atoms with van der Waals surface area (Å²) in [5, 5.41) is 12.6. The van der Waals surface area contributed by atoms with Gasteiger partial charge in [0.2, 0.25) is 0 Å². The molecule has 0 aliphatic carbocycles. The number of rotatable bonds is 3. The first-order valence-electron chi connectivity index (χ1n) is 4.49. The molecule has 0 aliphatic heterocycles. The molecule has 0 saturated carbocycles. The fourth-order valence-electron chi connectivity index (χ4n) is 1.15. The van der Waals surface area contributed by atoms with Crippen molar-refractivity contribution in [2.24, 2.45) is 5.73 Å². The van der Waals surface area contributed by atoms with Gasteiger partial charge in [0.15, 0.2) is 11.5 Å². The maximum Gasteiger partial charge on any atom is 0.356 e. The third kappa shape index (κ3) is 2.09. The molecule has 0 fully saturated rings. The van der Waals surface area contributed by atoms with Gasteiger partial charge in [-0.3, -0.25) is 9.78 Å². The van der Waals surface area contributed by atoms with E-state index in [1.165, 1.54) is 23.1 Å². The van der Waals surface area contributed by atoms with Crippen molar-refractivity contribution in [1.82, 2.24) is 19.7 Å². The highest BCUT2D eigenvalue weighted by atomic mass is 16.4. The van der Waals surface area contributed by atoms with E-state index in [1.807, 2.05) is 0 Å². The summed E-state index contributed by atoms with van der Waals surface area (Å²) >= 11 is 0. The Bertz CT molecular complexity index is 592. The number of carboxylic acid groups (broad SMARTS) is 1. The number of carbonyl (C=O) groups excluding carboxylic acids is 1. The van der Waals surface area contributed by atoms with E-state index >= 15 is 0 Å². The molecule has 2 aromatic heterocycles. The van der Waals surface area contributed by atoms with Crippen molar-refractivity contribution in [3.8, 4) is 5.82 Å². The SMILES string of the molecule is NC(=O)c1ccn(-c2cncc(C(=O)O)n2)n1. The van der Waals surface area contributed by atoms with Gasteiger partial charge >= 0.3 is 5.97 Å². The first-order valence-corrected chi connectivity index (χ1v) is 4.49. The Kier molecular flexibility index (Phi) is 2.53. The minimum absolute atomic E-state index is 0.0625. The van der Waals surface area contributed by atoms with Crippen LogP contribution in [0.4, 0.5) is 0 Å². The van der Waals surface area contributed by atoms with Gasteiger partial charge in [-0.05, 0) is 6.07 Å². The molecule has 0 aromatic carbocycles. The molecular formula is C9H7N5O3. The molecule has 0 aliphatic rings. The molecule has 2 aromatic rings. The van der Waals surface area contributed by atoms with Crippen molar-refractivity contribution in [3.63, 3.8) is 0 Å². The lowest BCUT2D eigenvalue weighted by atomic mass is 10.4. The Morgan fingerprint density at radius 1 is 1.29 bits per heavy atom. The predicted molar refractivity (Wildman–Crippen MR) is 54.6 cm³/mol. The maximum atomic E-state index is 10.8. The van der Waals surface area contributed by atoms with Gasteiger partial charge in [0.25, 0.3) is 5.91 Å². The molecule has 17 heavy (non-hydrogen) atoms. The van der Waals surface area contributed by atoms with Crippen molar-refractivity contribution in [2.75, 3.05) is 0 Å². The molecule has 2 rings (SSSR count). The minimum atomic E-state index is -1.19. The van der Waals surface area contributed by atoms with Gasteiger partial charge in [-0.1, -0.05) is 0 Å². The largest absolute Gasteiger partial charge is 0.476 e. The Morgan fingerprint density at radius 3 is 2.65 bits per heavy atom. The predicted octanol–water partition coefficient (Wildman–Crippen LogP) is -0.541. The highest BCUT2D eigenvalue weighted by Gasteiger charge is 2.10. The van der Waals surface area contributed by atoms with Gasteiger partial charge in [0, 0.05) is 6.20 Å². The maximum absolute atomic E-state index is 10.8. The van der Waals surface area contributed by atoms with E-state index in [2.05, 4.69) is 15.1 Å². The van der Waals surface area contributed by atoms with E-state index in [0.717, 1.165) is 6.20 Å². The molecule has 0 atom stereocenters. The standard InChI is InChI=1S/C9H7N5O3/c10-8(15)5-1-2-14(13-5)7-4-11-3-6(12-7)9(16)17/h1-4H,(H2,10,15)(H,16,17). The zero-order valence-corrected chi connectivity index (χ0v) is 8.44. The lowest BCUT2D eigenvalue weighted by Crippen LogP contribution is -2.13. The second-order valence-electron chi connectivity index (χ2n) is 3.08. The Labute approximate surface area is 94.7 Å². The quantitative estimate of drug-likeness (QED) is 0.733. The average Bonchev–Trinajstić information content (AvgIpc) is 2.78. The van der Waals surface area contributed by atoms with Crippen LogP contribution in [0, 0.1) is 0 Å². The van der Waals surface area contributed by atoms with Crippen LogP contribution >= 0.6 is 0 Å². The third-order valence-corrected chi connectivity index (χ3v) is 1.92. The molecule has 0 spiro atoms. The first-order chi connectivity index (χ1) is 8.08. The molecule has 1 amide bonds. The van der Waals surface area contributed by atoms with Crippen LogP contribution in [-0.4, -0.2) is 36.7 Å². The Hall–Kier alpha value is -2.77. The number of nitrogens with two attached hydrogens (primary N) is 1. The van der Waals surface area contributed by atoms with Crippen LogP contribution in [0.3, 0.4) is 0 Å².